The topological polar surface area (TPSA) is 102 Å². The highest BCUT2D eigenvalue weighted by Crippen LogP contribution is 2.23. The molecular weight excluding hydrogens is 210 g/mol. The minimum atomic E-state index is -0.157. The van der Waals surface area contributed by atoms with Gasteiger partial charge >= 0.3 is 0 Å². The third-order valence-electron chi connectivity index (χ3n) is 1.82. The highest BCUT2D eigenvalue weighted by molar-refractivity contribution is 5.81. The van der Waals surface area contributed by atoms with Gasteiger partial charge in [-0.3, -0.25) is 4.79 Å². The summed E-state index contributed by atoms with van der Waals surface area (Å²) in [5.74, 6) is 0.551. The average molecular weight is 225 g/mol. The zero-order valence-corrected chi connectivity index (χ0v) is 9.28. The van der Waals surface area contributed by atoms with Crippen LogP contribution in [0.2, 0.25) is 0 Å². The van der Waals surface area contributed by atoms with Crippen molar-refractivity contribution < 1.29 is 9.53 Å². The van der Waals surface area contributed by atoms with E-state index in [-0.39, 0.29) is 12.5 Å². The van der Waals surface area contributed by atoms with Gasteiger partial charge in [-0.1, -0.05) is 0 Å². The van der Waals surface area contributed by atoms with Gasteiger partial charge in [-0.05, 0) is 6.92 Å². The summed E-state index contributed by atoms with van der Waals surface area (Å²) >= 11 is 0. The number of amides is 1. The molecule has 0 aliphatic heterocycles. The van der Waals surface area contributed by atoms with E-state index in [1.807, 2.05) is 6.92 Å². The van der Waals surface area contributed by atoms with Crippen LogP contribution >= 0.6 is 0 Å². The lowest BCUT2D eigenvalue weighted by Gasteiger charge is -2.10. The van der Waals surface area contributed by atoms with Gasteiger partial charge in [-0.25, -0.2) is 4.98 Å². The van der Waals surface area contributed by atoms with Crippen LogP contribution in [0.3, 0.4) is 0 Å². The average Bonchev–Trinajstić information content (AvgIpc) is 2.30. The molecule has 0 spiro atoms. The van der Waals surface area contributed by atoms with E-state index in [2.05, 4.69) is 20.6 Å². The van der Waals surface area contributed by atoms with E-state index in [1.54, 1.807) is 7.05 Å². The Bertz CT molecular complexity index is 369. The number of aromatic nitrogens is 2. The Morgan fingerprint density at radius 1 is 1.56 bits per heavy atom. The molecule has 88 valence electrons. The predicted octanol–water partition coefficient (Wildman–Crippen LogP) is -0.385. The van der Waals surface area contributed by atoms with Gasteiger partial charge in [-0.15, -0.1) is 0 Å². The minimum Gasteiger partial charge on any atom is -0.476 e. The van der Waals surface area contributed by atoms with Gasteiger partial charge in [0.2, 0.25) is 11.8 Å². The normalized spacial score (nSPS) is 9.62. The minimum absolute atomic E-state index is 0.100. The molecule has 7 nitrogen and oxygen atoms in total. The fourth-order valence-corrected chi connectivity index (χ4v) is 1.02. The molecule has 0 bridgehead atoms. The van der Waals surface area contributed by atoms with Crippen molar-refractivity contribution in [3.05, 3.63) is 6.33 Å². The fourth-order valence-electron chi connectivity index (χ4n) is 1.02. The Morgan fingerprint density at radius 2 is 2.31 bits per heavy atom. The molecule has 4 N–H and O–H groups in total. The number of anilines is 2. The molecule has 0 atom stereocenters. The number of nitrogens with zero attached hydrogens (tertiary/aromatic N) is 2. The van der Waals surface area contributed by atoms with Crippen molar-refractivity contribution in [2.75, 3.05) is 31.2 Å². The SMILES string of the molecule is CCOc1ncnc(NCC(=O)NC)c1N. The zero-order valence-electron chi connectivity index (χ0n) is 9.28. The van der Waals surface area contributed by atoms with Crippen LogP contribution in [0.1, 0.15) is 6.92 Å². The maximum absolute atomic E-state index is 11.0. The van der Waals surface area contributed by atoms with Crippen LogP contribution in [0, 0.1) is 0 Å². The number of likely N-dealkylation sites (N-methyl/N-ethyl adjacent to an activating group) is 1. The molecule has 0 saturated heterocycles. The van der Waals surface area contributed by atoms with E-state index in [1.165, 1.54) is 6.33 Å². The second kappa shape index (κ2) is 5.74. The molecule has 0 aromatic carbocycles. The molecule has 7 heteroatoms. The highest BCUT2D eigenvalue weighted by Gasteiger charge is 2.09. The number of ether oxygens (including phenoxy) is 1. The molecule has 0 saturated carbocycles. The van der Waals surface area contributed by atoms with Crippen molar-refractivity contribution in [2.45, 2.75) is 6.92 Å². The van der Waals surface area contributed by atoms with Crippen molar-refractivity contribution in [3.8, 4) is 5.88 Å². The van der Waals surface area contributed by atoms with Crippen LogP contribution in [0.25, 0.3) is 0 Å². The Hall–Kier alpha value is -2.05. The van der Waals surface area contributed by atoms with E-state index >= 15 is 0 Å². The van der Waals surface area contributed by atoms with Crippen molar-refractivity contribution in [1.29, 1.82) is 0 Å². The molecule has 1 amide bonds. The van der Waals surface area contributed by atoms with Crippen LogP contribution in [-0.4, -0.2) is 36.1 Å². The first-order valence-corrected chi connectivity index (χ1v) is 4.86. The van der Waals surface area contributed by atoms with E-state index < -0.39 is 0 Å². The van der Waals surface area contributed by atoms with Crippen LogP contribution in [0.15, 0.2) is 6.33 Å². The van der Waals surface area contributed by atoms with Crippen molar-refractivity contribution in [1.82, 2.24) is 15.3 Å². The van der Waals surface area contributed by atoms with Crippen LogP contribution in [0.5, 0.6) is 5.88 Å². The molecular formula is C9H15N5O2. The molecule has 0 unspecified atom stereocenters. The highest BCUT2D eigenvalue weighted by atomic mass is 16.5. The van der Waals surface area contributed by atoms with Gasteiger partial charge < -0.3 is 21.1 Å². The lowest BCUT2D eigenvalue weighted by molar-refractivity contribution is -0.118. The molecule has 16 heavy (non-hydrogen) atoms. The summed E-state index contributed by atoms with van der Waals surface area (Å²) in [6.45, 7) is 2.40. The van der Waals surface area contributed by atoms with Gasteiger partial charge in [0.15, 0.2) is 5.82 Å². The van der Waals surface area contributed by atoms with E-state index in [0.29, 0.717) is 24.0 Å². The summed E-state index contributed by atoms with van der Waals surface area (Å²) in [5, 5.41) is 5.27. The first-order chi connectivity index (χ1) is 7.69. The monoisotopic (exact) mass is 225 g/mol. The Morgan fingerprint density at radius 3 is 2.94 bits per heavy atom. The molecule has 0 aliphatic carbocycles. The molecule has 0 aliphatic rings. The molecule has 0 fully saturated rings. The maximum Gasteiger partial charge on any atom is 0.242 e. The predicted molar refractivity (Wildman–Crippen MR) is 60.2 cm³/mol. The maximum atomic E-state index is 11.0. The second-order valence-corrected chi connectivity index (χ2v) is 2.90. The number of carbonyl (C=O) groups is 1. The van der Waals surface area contributed by atoms with Crippen LogP contribution < -0.4 is 21.1 Å². The Balaban J connectivity index is 2.72. The molecule has 1 heterocycles. The number of nitrogens with two attached hydrogens (primary N) is 1. The first kappa shape index (κ1) is 12.0. The quantitative estimate of drug-likeness (QED) is 0.631. The molecule has 1 aromatic rings. The number of rotatable bonds is 5. The van der Waals surface area contributed by atoms with Crippen LogP contribution in [-0.2, 0) is 4.79 Å². The van der Waals surface area contributed by atoms with Crippen molar-refractivity contribution in [3.63, 3.8) is 0 Å². The summed E-state index contributed by atoms with van der Waals surface area (Å²) in [7, 11) is 1.55. The third kappa shape index (κ3) is 2.97. The van der Waals surface area contributed by atoms with E-state index in [4.69, 9.17) is 10.5 Å². The smallest absolute Gasteiger partial charge is 0.242 e. The molecule has 0 radical (unpaired) electrons. The van der Waals surface area contributed by atoms with Gasteiger partial charge in [0.25, 0.3) is 0 Å². The number of carbonyl (C=O) groups excluding carboxylic acids is 1. The molecule has 1 rings (SSSR count). The summed E-state index contributed by atoms with van der Waals surface area (Å²) in [4.78, 5) is 18.8. The first-order valence-electron chi connectivity index (χ1n) is 4.86. The molecule has 1 aromatic heterocycles. The standard InChI is InChI=1S/C9H15N5O2/c1-3-16-9-7(10)8(13-5-14-9)12-4-6(15)11-2/h5H,3-4,10H2,1-2H3,(H,11,15)(H,12,13,14). The number of nitrogen functional groups attached to an aromatic ring is 1. The van der Waals surface area contributed by atoms with Gasteiger partial charge in [0.05, 0.1) is 13.2 Å². The lowest BCUT2D eigenvalue weighted by atomic mass is 10.4. The van der Waals surface area contributed by atoms with Gasteiger partial charge in [0, 0.05) is 7.05 Å². The largest absolute Gasteiger partial charge is 0.476 e. The summed E-state index contributed by atoms with van der Waals surface area (Å²) < 4.78 is 5.19. The van der Waals surface area contributed by atoms with Crippen molar-refractivity contribution in [2.24, 2.45) is 0 Å². The number of hydrogen-bond donors (Lipinski definition) is 3. The fraction of sp³-hybridized carbons (Fsp3) is 0.444. The third-order valence-corrected chi connectivity index (χ3v) is 1.82. The Labute approximate surface area is 93.4 Å². The number of nitrogens with one attached hydrogen (secondary N) is 2. The van der Waals surface area contributed by atoms with Crippen LogP contribution in [0.4, 0.5) is 11.5 Å². The van der Waals surface area contributed by atoms with Gasteiger partial charge in [-0.2, -0.15) is 4.98 Å². The second-order valence-electron chi connectivity index (χ2n) is 2.90. The summed E-state index contributed by atoms with van der Waals surface area (Å²) in [5.41, 5.74) is 6.05. The zero-order chi connectivity index (χ0) is 12.0. The summed E-state index contributed by atoms with van der Waals surface area (Å²) in [6, 6.07) is 0. The number of hydrogen-bond acceptors (Lipinski definition) is 6. The Kier molecular flexibility index (Phi) is 4.31. The van der Waals surface area contributed by atoms with Crippen molar-refractivity contribution >= 4 is 17.4 Å². The van der Waals surface area contributed by atoms with E-state index in [0.717, 1.165) is 0 Å². The lowest BCUT2D eigenvalue weighted by Crippen LogP contribution is -2.26. The van der Waals surface area contributed by atoms with Gasteiger partial charge in [0.1, 0.15) is 12.0 Å². The summed E-state index contributed by atoms with van der Waals surface area (Å²) in [6.07, 6.45) is 1.33. The van der Waals surface area contributed by atoms with E-state index in [9.17, 15) is 4.79 Å².